The fourth-order valence-electron chi connectivity index (χ4n) is 2.29. The normalized spacial score (nSPS) is 11.1. The van der Waals surface area contributed by atoms with E-state index in [4.69, 9.17) is 4.74 Å². The molecule has 0 unspecified atom stereocenters. The average Bonchev–Trinajstić information content (AvgIpc) is 3.12. The number of nitriles is 1. The number of ether oxygens (including phenoxy) is 1. The molecule has 0 atom stereocenters. The summed E-state index contributed by atoms with van der Waals surface area (Å²) in [5.74, 6) is -0.907. The summed E-state index contributed by atoms with van der Waals surface area (Å²) in [4.78, 5) is 28.3. The molecule has 0 spiro atoms. The van der Waals surface area contributed by atoms with E-state index in [1.54, 1.807) is 26.8 Å². The summed E-state index contributed by atoms with van der Waals surface area (Å²) in [6.07, 6.45) is 1.55. The second-order valence-electron chi connectivity index (χ2n) is 4.86. The Labute approximate surface area is 138 Å². The molecule has 0 aliphatic heterocycles. The highest BCUT2D eigenvalue weighted by Crippen LogP contribution is 2.23. The third-order valence-electron chi connectivity index (χ3n) is 3.34. The largest absolute Gasteiger partial charge is 0.462 e. The van der Waals surface area contributed by atoms with Crippen molar-refractivity contribution in [3.63, 3.8) is 0 Å². The van der Waals surface area contributed by atoms with Gasteiger partial charge in [-0.3, -0.25) is 4.79 Å². The second-order valence-corrected chi connectivity index (χ2v) is 5.84. The average molecular weight is 328 g/mol. The number of ketones is 1. The number of hydrogen-bond acceptors (Lipinski definition) is 5. The van der Waals surface area contributed by atoms with Crippen LogP contribution in [-0.2, 0) is 4.74 Å². The first kappa shape index (κ1) is 16.7. The van der Waals surface area contributed by atoms with Gasteiger partial charge in [-0.05, 0) is 43.9 Å². The van der Waals surface area contributed by atoms with Gasteiger partial charge in [-0.15, -0.1) is 11.3 Å². The standard InChI is InChI=1S/C17H16N2O3S/c1-4-22-17(21)14-10(2)15(19-11(14)3)16(20)12(9-18)8-13-6-5-7-23-13/h5-8,19H,4H2,1-3H3/b12-8+. The number of aromatic nitrogens is 1. The summed E-state index contributed by atoms with van der Waals surface area (Å²) >= 11 is 1.44. The smallest absolute Gasteiger partial charge is 0.340 e. The van der Waals surface area contributed by atoms with Gasteiger partial charge >= 0.3 is 5.97 Å². The Morgan fingerprint density at radius 1 is 1.43 bits per heavy atom. The zero-order valence-corrected chi connectivity index (χ0v) is 13.9. The number of esters is 1. The van der Waals surface area contributed by atoms with Gasteiger partial charge in [0.1, 0.15) is 11.6 Å². The van der Waals surface area contributed by atoms with Gasteiger partial charge in [0.05, 0.1) is 17.9 Å². The molecule has 23 heavy (non-hydrogen) atoms. The van der Waals surface area contributed by atoms with Gasteiger partial charge < -0.3 is 9.72 Å². The molecule has 118 valence electrons. The summed E-state index contributed by atoms with van der Waals surface area (Å²) in [6, 6.07) is 5.60. The van der Waals surface area contributed by atoms with Gasteiger partial charge in [-0.1, -0.05) is 6.07 Å². The van der Waals surface area contributed by atoms with Crippen LogP contribution >= 0.6 is 11.3 Å². The summed E-state index contributed by atoms with van der Waals surface area (Å²) in [6.45, 7) is 5.35. The van der Waals surface area contributed by atoms with Crippen LogP contribution in [0.1, 0.15) is 43.9 Å². The summed E-state index contributed by atoms with van der Waals surface area (Å²) in [5.41, 5.74) is 1.67. The number of aryl methyl sites for hydroxylation is 1. The number of H-pyrrole nitrogens is 1. The molecule has 2 aromatic rings. The minimum atomic E-state index is -0.474. The van der Waals surface area contributed by atoms with Crippen LogP contribution < -0.4 is 0 Å². The molecule has 0 fully saturated rings. The van der Waals surface area contributed by atoms with Gasteiger partial charge in [-0.25, -0.2) is 4.79 Å². The molecular formula is C17H16N2O3S. The van der Waals surface area contributed by atoms with Crippen LogP contribution in [0.5, 0.6) is 0 Å². The van der Waals surface area contributed by atoms with E-state index < -0.39 is 11.8 Å². The number of allylic oxidation sites excluding steroid dienone is 1. The number of rotatable bonds is 5. The van der Waals surface area contributed by atoms with E-state index in [0.29, 0.717) is 16.8 Å². The minimum absolute atomic E-state index is 0.0206. The first-order valence-electron chi connectivity index (χ1n) is 7.05. The van der Waals surface area contributed by atoms with Crippen LogP contribution in [0.25, 0.3) is 6.08 Å². The van der Waals surface area contributed by atoms with E-state index in [1.165, 1.54) is 11.3 Å². The molecule has 1 N–H and O–H groups in total. The number of hydrogen-bond donors (Lipinski definition) is 1. The first-order chi connectivity index (χ1) is 11.0. The Hall–Kier alpha value is -2.65. The lowest BCUT2D eigenvalue weighted by atomic mass is 10.0. The van der Waals surface area contributed by atoms with Crippen molar-refractivity contribution in [2.75, 3.05) is 6.61 Å². The monoisotopic (exact) mass is 328 g/mol. The Morgan fingerprint density at radius 2 is 2.17 bits per heavy atom. The maximum absolute atomic E-state index is 12.6. The van der Waals surface area contributed by atoms with E-state index >= 15 is 0 Å². The van der Waals surface area contributed by atoms with Gasteiger partial charge in [0.25, 0.3) is 0 Å². The van der Waals surface area contributed by atoms with Crippen LogP contribution in [0.3, 0.4) is 0 Å². The SMILES string of the molecule is CCOC(=O)c1c(C)[nH]c(C(=O)/C(C#N)=C/c2cccs2)c1C. The lowest BCUT2D eigenvalue weighted by molar-refractivity contribution is 0.0525. The molecule has 0 bridgehead atoms. The van der Waals surface area contributed by atoms with Crippen molar-refractivity contribution in [1.82, 2.24) is 4.98 Å². The maximum atomic E-state index is 12.6. The van der Waals surface area contributed by atoms with Crippen molar-refractivity contribution in [3.8, 4) is 6.07 Å². The third kappa shape index (κ3) is 3.41. The van der Waals surface area contributed by atoms with Crippen molar-refractivity contribution in [2.45, 2.75) is 20.8 Å². The molecule has 0 radical (unpaired) electrons. The van der Waals surface area contributed by atoms with Crippen LogP contribution in [0.15, 0.2) is 23.1 Å². The molecule has 0 aromatic carbocycles. The zero-order valence-electron chi connectivity index (χ0n) is 13.1. The van der Waals surface area contributed by atoms with E-state index in [9.17, 15) is 14.9 Å². The van der Waals surface area contributed by atoms with Gasteiger partial charge in [-0.2, -0.15) is 5.26 Å². The van der Waals surface area contributed by atoms with Crippen molar-refractivity contribution < 1.29 is 14.3 Å². The van der Waals surface area contributed by atoms with Crippen molar-refractivity contribution in [3.05, 3.63) is 50.5 Å². The fourth-order valence-corrected chi connectivity index (χ4v) is 2.94. The molecule has 0 aliphatic carbocycles. The Balaban J connectivity index is 2.42. The van der Waals surface area contributed by atoms with Crippen molar-refractivity contribution in [1.29, 1.82) is 5.26 Å². The molecule has 6 heteroatoms. The van der Waals surface area contributed by atoms with E-state index in [2.05, 4.69) is 4.98 Å². The van der Waals surface area contributed by atoms with Crippen molar-refractivity contribution >= 4 is 29.2 Å². The van der Waals surface area contributed by atoms with Gasteiger partial charge in [0.2, 0.25) is 5.78 Å². The van der Waals surface area contributed by atoms with E-state index in [-0.39, 0.29) is 17.9 Å². The van der Waals surface area contributed by atoms with Gasteiger partial charge in [0, 0.05) is 10.6 Å². The number of carbonyl (C=O) groups is 2. The van der Waals surface area contributed by atoms with Gasteiger partial charge in [0.15, 0.2) is 0 Å². The number of aromatic amines is 1. The van der Waals surface area contributed by atoms with E-state index in [0.717, 1.165) is 4.88 Å². The number of thiophene rings is 1. The third-order valence-corrected chi connectivity index (χ3v) is 4.16. The van der Waals surface area contributed by atoms with Crippen LogP contribution in [0.4, 0.5) is 0 Å². The molecule has 0 saturated heterocycles. The first-order valence-corrected chi connectivity index (χ1v) is 7.93. The Bertz CT molecular complexity index is 808. The summed E-state index contributed by atoms with van der Waals surface area (Å²) in [7, 11) is 0. The zero-order chi connectivity index (χ0) is 17.0. The summed E-state index contributed by atoms with van der Waals surface area (Å²) < 4.78 is 5.01. The predicted molar refractivity (Wildman–Crippen MR) is 88.5 cm³/mol. The maximum Gasteiger partial charge on any atom is 0.340 e. The Kier molecular flexibility index (Phi) is 5.14. The molecule has 2 rings (SSSR count). The molecule has 0 amide bonds. The molecular weight excluding hydrogens is 312 g/mol. The van der Waals surface area contributed by atoms with Crippen LogP contribution in [-0.4, -0.2) is 23.3 Å². The quantitative estimate of drug-likeness (QED) is 0.393. The second kappa shape index (κ2) is 7.07. The van der Waals surface area contributed by atoms with E-state index in [1.807, 2.05) is 23.6 Å². The highest BCUT2D eigenvalue weighted by Gasteiger charge is 2.24. The highest BCUT2D eigenvalue weighted by molar-refractivity contribution is 7.10. The number of Topliss-reactive ketones (excluding diaryl/α,β-unsaturated/α-hetero) is 1. The molecule has 0 aliphatic rings. The topological polar surface area (TPSA) is 83.0 Å². The predicted octanol–water partition coefficient (Wildman–Crippen LogP) is 3.66. The molecule has 2 heterocycles. The molecule has 5 nitrogen and oxygen atoms in total. The Morgan fingerprint density at radius 3 is 2.74 bits per heavy atom. The molecule has 0 saturated carbocycles. The fraction of sp³-hybridized carbons (Fsp3) is 0.235. The number of carbonyl (C=O) groups excluding carboxylic acids is 2. The lowest BCUT2D eigenvalue weighted by Crippen LogP contribution is -2.08. The molecule has 2 aromatic heterocycles. The lowest BCUT2D eigenvalue weighted by Gasteiger charge is -2.02. The number of nitrogens with one attached hydrogen (secondary N) is 1. The minimum Gasteiger partial charge on any atom is -0.462 e. The number of nitrogens with zero attached hydrogens (tertiary/aromatic N) is 1. The summed E-state index contributed by atoms with van der Waals surface area (Å²) in [5, 5.41) is 11.1. The van der Waals surface area contributed by atoms with Crippen molar-refractivity contribution in [2.24, 2.45) is 0 Å². The highest BCUT2D eigenvalue weighted by atomic mass is 32.1. The van der Waals surface area contributed by atoms with Crippen LogP contribution in [0.2, 0.25) is 0 Å². The van der Waals surface area contributed by atoms with Crippen LogP contribution in [0, 0.1) is 25.2 Å².